The molecule has 2 atom stereocenters. The van der Waals surface area contributed by atoms with Gasteiger partial charge in [-0.1, -0.05) is 66.7 Å². The molecular formula is C26H27NO3. The van der Waals surface area contributed by atoms with Gasteiger partial charge in [-0.15, -0.1) is 0 Å². The summed E-state index contributed by atoms with van der Waals surface area (Å²) in [4.78, 5) is 10.9. The lowest BCUT2D eigenvalue weighted by atomic mass is 9.71. The first-order valence-electron chi connectivity index (χ1n) is 10.5. The number of aliphatic carboxylic acids is 1. The van der Waals surface area contributed by atoms with Gasteiger partial charge in [0.25, 0.3) is 0 Å². The Morgan fingerprint density at radius 2 is 1.73 bits per heavy atom. The summed E-state index contributed by atoms with van der Waals surface area (Å²) in [7, 11) is 0. The molecule has 4 nitrogen and oxygen atoms in total. The Labute approximate surface area is 177 Å². The molecule has 0 aliphatic heterocycles. The minimum atomic E-state index is -0.817. The lowest BCUT2D eigenvalue weighted by Gasteiger charge is -2.34. The highest BCUT2D eigenvalue weighted by Crippen LogP contribution is 2.41. The second-order valence-electron chi connectivity index (χ2n) is 7.85. The molecule has 0 saturated heterocycles. The smallest absolute Gasteiger partial charge is 0.317 e. The van der Waals surface area contributed by atoms with E-state index in [1.54, 1.807) is 0 Å². The van der Waals surface area contributed by atoms with Gasteiger partial charge in [-0.05, 0) is 59.7 Å². The lowest BCUT2D eigenvalue weighted by molar-refractivity contribution is -0.136. The zero-order valence-electron chi connectivity index (χ0n) is 17.0. The predicted octanol–water partition coefficient (Wildman–Crippen LogP) is 4.63. The summed E-state index contributed by atoms with van der Waals surface area (Å²) < 4.78 is 6.04. The first-order valence-corrected chi connectivity index (χ1v) is 10.5. The van der Waals surface area contributed by atoms with Crippen LogP contribution in [-0.4, -0.2) is 24.2 Å². The van der Waals surface area contributed by atoms with Crippen LogP contribution in [0.2, 0.25) is 0 Å². The molecule has 1 aliphatic carbocycles. The van der Waals surface area contributed by atoms with Gasteiger partial charge in [0.15, 0.2) is 0 Å². The van der Waals surface area contributed by atoms with Crippen LogP contribution in [0, 0.1) is 5.92 Å². The predicted molar refractivity (Wildman–Crippen MR) is 118 cm³/mol. The molecule has 3 aromatic carbocycles. The fourth-order valence-corrected chi connectivity index (χ4v) is 4.39. The van der Waals surface area contributed by atoms with Crippen molar-refractivity contribution in [2.24, 2.45) is 5.92 Å². The third-order valence-electron chi connectivity index (χ3n) is 5.80. The molecule has 0 heterocycles. The van der Waals surface area contributed by atoms with Crippen LogP contribution in [0.15, 0.2) is 78.9 Å². The largest absolute Gasteiger partial charge is 0.489 e. The third-order valence-corrected chi connectivity index (χ3v) is 5.80. The van der Waals surface area contributed by atoms with Crippen LogP contribution in [0.25, 0.3) is 0 Å². The number of benzene rings is 3. The fraction of sp³-hybridized carbons (Fsp3) is 0.269. The number of hydrogen-bond donors (Lipinski definition) is 2. The Bertz CT molecular complexity index is 972. The van der Waals surface area contributed by atoms with Crippen molar-refractivity contribution in [3.63, 3.8) is 0 Å². The Morgan fingerprint density at radius 3 is 2.47 bits per heavy atom. The van der Waals surface area contributed by atoms with Gasteiger partial charge in [0.2, 0.25) is 0 Å². The van der Waals surface area contributed by atoms with Gasteiger partial charge in [0.1, 0.15) is 12.4 Å². The number of ether oxygens (including phenoxy) is 1. The Hall–Kier alpha value is -3.11. The zero-order chi connectivity index (χ0) is 20.8. The normalized spacial score (nSPS) is 17.9. The number of hydrogen-bond acceptors (Lipinski definition) is 3. The van der Waals surface area contributed by atoms with E-state index < -0.39 is 5.97 Å². The van der Waals surface area contributed by atoms with Crippen molar-refractivity contribution >= 4 is 5.97 Å². The van der Waals surface area contributed by atoms with Crippen molar-refractivity contribution < 1.29 is 14.6 Å². The van der Waals surface area contributed by atoms with Gasteiger partial charge in [-0.2, -0.15) is 0 Å². The highest BCUT2D eigenvalue weighted by atomic mass is 16.5. The number of carboxylic acids is 1. The highest BCUT2D eigenvalue weighted by molar-refractivity contribution is 5.69. The summed E-state index contributed by atoms with van der Waals surface area (Å²) in [6.07, 6.45) is 1.99. The summed E-state index contributed by atoms with van der Waals surface area (Å²) in [5.41, 5.74) is 5.08. The van der Waals surface area contributed by atoms with Gasteiger partial charge >= 0.3 is 5.97 Å². The molecular weight excluding hydrogens is 374 g/mol. The van der Waals surface area contributed by atoms with Crippen LogP contribution in [-0.2, 0) is 17.8 Å². The summed E-state index contributed by atoms with van der Waals surface area (Å²) in [5, 5.41) is 12.1. The van der Waals surface area contributed by atoms with E-state index in [1.807, 2.05) is 24.3 Å². The molecule has 2 N–H and O–H groups in total. The second-order valence-corrected chi connectivity index (χ2v) is 7.85. The van der Waals surface area contributed by atoms with Gasteiger partial charge < -0.3 is 15.2 Å². The zero-order valence-corrected chi connectivity index (χ0v) is 17.0. The van der Waals surface area contributed by atoms with E-state index >= 15 is 0 Å². The maximum atomic E-state index is 10.9. The van der Waals surface area contributed by atoms with Crippen LogP contribution in [0.5, 0.6) is 5.75 Å². The van der Waals surface area contributed by atoms with Gasteiger partial charge in [-0.3, -0.25) is 4.79 Å². The minimum Gasteiger partial charge on any atom is -0.489 e. The van der Waals surface area contributed by atoms with E-state index in [-0.39, 0.29) is 12.5 Å². The summed E-state index contributed by atoms with van der Waals surface area (Å²) in [6.45, 7) is 1.25. The minimum absolute atomic E-state index is 0.00285. The topological polar surface area (TPSA) is 58.6 Å². The second kappa shape index (κ2) is 9.59. The molecule has 0 bridgehead atoms. The number of fused-ring (bicyclic) bond motifs is 1. The van der Waals surface area contributed by atoms with E-state index in [4.69, 9.17) is 9.84 Å². The van der Waals surface area contributed by atoms with Crippen LogP contribution >= 0.6 is 0 Å². The molecule has 154 valence electrons. The van der Waals surface area contributed by atoms with Crippen molar-refractivity contribution in [2.45, 2.75) is 25.4 Å². The van der Waals surface area contributed by atoms with Crippen LogP contribution in [0.3, 0.4) is 0 Å². The van der Waals surface area contributed by atoms with Crippen molar-refractivity contribution in [3.05, 3.63) is 101 Å². The number of rotatable bonds is 8. The van der Waals surface area contributed by atoms with Crippen LogP contribution < -0.4 is 10.1 Å². The van der Waals surface area contributed by atoms with E-state index in [0.29, 0.717) is 19.1 Å². The molecule has 4 rings (SSSR count). The SMILES string of the molecule is O=C(O)CNCC1CCc2cc(OCc3ccccc3)ccc2C1c1ccccc1. The maximum absolute atomic E-state index is 10.9. The molecule has 0 radical (unpaired) electrons. The molecule has 4 heteroatoms. The van der Waals surface area contributed by atoms with Crippen molar-refractivity contribution in [1.82, 2.24) is 5.32 Å². The van der Waals surface area contributed by atoms with Gasteiger partial charge in [-0.25, -0.2) is 0 Å². The van der Waals surface area contributed by atoms with E-state index in [9.17, 15) is 4.79 Å². The summed E-state index contributed by atoms with van der Waals surface area (Å²) in [5.74, 6) is 0.685. The average molecular weight is 402 g/mol. The third kappa shape index (κ3) is 4.89. The maximum Gasteiger partial charge on any atom is 0.317 e. The number of carboxylic acid groups (broad SMARTS) is 1. The van der Waals surface area contributed by atoms with Crippen LogP contribution in [0.1, 0.15) is 34.6 Å². The number of aryl methyl sites for hydroxylation is 1. The Morgan fingerprint density at radius 1 is 1.00 bits per heavy atom. The standard InChI is InChI=1S/C26H27NO3/c28-25(29)17-27-16-22-12-11-21-15-23(30-18-19-7-3-1-4-8-19)13-14-24(21)26(22)20-9-5-2-6-10-20/h1-10,13-15,22,26-27H,11-12,16-18H2,(H,28,29). The molecule has 0 aromatic heterocycles. The molecule has 0 amide bonds. The summed E-state index contributed by atoms with van der Waals surface area (Å²) in [6, 6.07) is 27.1. The Balaban J connectivity index is 1.55. The summed E-state index contributed by atoms with van der Waals surface area (Å²) >= 11 is 0. The monoisotopic (exact) mass is 401 g/mol. The first kappa shape index (κ1) is 20.2. The molecule has 0 spiro atoms. The molecule has 2 unspecified atom stereocenters. The Kier molecular flexibility index (Phi) is 6.45. The van der Waals surface area contributed by atoms with E-state index in [0.717, 1.165) is 24.2 Å². The van der Waals surface area contributed by atoms with Crippen LogP contribution in [0.4, 0.5) is 0 Å². The first-order chi connectivity index (χ1) is 14.7. The fourth-order valence-electron chi connectivity index (χ4n) is 4.39. The van der Waals surface area contributed by atoms with Crippen molar-refractivity contribution in [1.29, 1.82) is 0 Å². The van der Waals surface area contributed by atoms with E-state index in [1.165, 1.54) is 16.7 Å². The van der Waals surface area contributed by atoms with E-state index in [2.05, 4.69) is 59.9 Å². The molecule has 30 heavy (non-hydrogen) atoms. The molecule has 3 aromatic rings. The highest BCUT2D eigenvalue weighted by Gasteiger charge is 2.30. The molecule has 0 saturated carbocycles. The lowest BCUT2D eigenvalue weighted by Crippen LogP contribution is -2.34. The number of nitrogens with one attached hydrogen (secondary N) is 1. The van der Waals surface area contributed by atoms with Gasteiger partial charge in [0, 0.05) is 5.92 Å². The quantitative estimate of drug-likeness (QED) is 0.578. The number of carbonyl (C=O) groups is 1. The van der Waals surface area contributed by atoms with Crippen molar-refractivity contribution in [3.8, 4) is 5.75 Å². The molecule has 0 fully saturated rings. The van der Waals surface area contributed by atoms with Crippen molar-refractivity contribution in [2.75, 3.05) is 13.1 Å². The molecule has 1 aliphatic rings. The average Bonchev–Trinajstić information content (AvgIpc) is 2.78. The van der Waals surface area contributed by atoms with Gasteiger partial charge in [0.05, 0.1) is 6.54 Å².